The molecular formula is C24H25FN2O2. The number of carbonyl (C=O) groups is 1. The summed E-state index contributed by atoms with van der Waals surface area (Å²) in [5, 5.41) is 0. The maximum atomic E-state index is 13.6. The van der Waals surface area contributed by atoms with E-state index in [1.165, 1.54) is 12.8 Å². The maximum absolute atomic E-state index is 13.6. The molecule has 0 aromatic heterocycles. The quantitative estimate of drug-likeness (QED) is 0.785. The minimum absolute atomic E-state index is 0.132. The number of benzene rings is 2. The van der Waals surface area contributed by atoms with Crippen molar-refractivity contribution in [1.82, 2.24) is 9.80 Å². The highest BCUT2D eigenvalue weighted by Crippen LogP contribution is 2.47. The summed E-state index contributed by atoms with van der Waals surface area (Å²) >= 11 is 0. The monoisotopic (exact) mass is 392 g/mol. The van der Waals surface area contributed by atoms with Crippen LogP contribution < -0.4 is 4.74 Å². The summed E-state index contributed by atoms with van der Waals surface area (Å²) in [4.78, 5) is 18.3. The van der Waals surface area contributed by atoms with E-state index in [2.05, 4.69) is 9.80 Å². The number of likely N-dealkylation sites (tertiary alicyclic amines) is 1. The van der Waals surface area contributed by atoms with Crippen molar-refractivity contribution in [2.24, 2.45) is 5.92 Å². The fraction of sp³-hybridized carbons (Fsp3) is 0.458. The van der Waals surface area contributed by atoms with Crippen molar-refractivity contribution in [2.75, 3.05) is 26.2 Å². The number of nitrogens with zero attached hydrogens (tertiary/aromatic N) is 2. The summed E-state index contributed by atoms with van der Waals surface area (Å²) < 4.78 is 19.1. The molecule has 5 aliphatic heterocycles. The number of ether oxygens (including phenoxy) is 1. The SMILES string of the molecule is O=C(c1ccc2c(c1)CCO2)N1C[C@H](c2ccc(F)cc2)[C@H]2[C@@H]1C1CCN2CC1. The molecule has 3 atom stereocenters. The van der Waals surface area contributed by atoms with Crippen LogP contribution in [0.4, 0.5) is 4.39 Å². The Morgan fingerprint density at radius 3 is 2.62 bits per heavy atom. The fourth-order valence-corrected chi connectivity index (χ4v) is 6.14. The summed E-state index contributed by atoms with van der Waals surface area (Å²) in [5.74, 6) is 1.64. The third-order valence-corrected chi connectivity index (χ3v) is 7.49. The topological polar surface area (TPSA) is 32.8 Å². The second-order valence-electron chi connectivity index (χ2n) is 8.89. The first-order chi connectivity index (χ1) is 14.2. The molecule has 0 saturated carbocycles. The van der Waals surface area contributed by atoms with Crippen LogP contribution in [-0.2, 0) is 6.42 Å². The number of amides is 1. The maximum Gasteiger partial charge on any atom is 0.254 e. The number of piperidine rings is 3. The summed E-state index contributed by atoms with van der Waals surface area (Å²) in [6.07, 6.45) is 3.20. The molecule has 2 aromatic carbocycles. The van der Waals surface area contributed by atoms with Crippen molar-refractivity contribution >= 4 is 5.91 Å². The zero-order chi connectivity index (χ0) is 19.5. The Morgan fingerprint density at radius 2 is 1.83 bits per heavy atom. The first kappa shape index (κ1) is 17.5. The van der Waals surface area contributed by atoms with Crippen LogP contribution >= 0.6 is 0 Å². The molecule has 0 aliphatic carbocycles. The lowest BCUT2D eigenvalue weighted by molar-refractivity contribution is -0.00341. The number of halogens is 1. The van der Waals surface area contributed by atoms with Crippen LogP contribution in [0, 0.1) is 11.7 Å². The third-order valence-electron chi connectivity index (χ3n) is 7.49. The Bertz CT molecular complexity index is 952. The number of hydrogen-bond acceptors (Lipinski definition) is 3. The lowest BCUT2D eigenvalue weighted by Gasteiger charge is -2.51. The predicted molar refractivity (Wildman–Crippen MR) is 108 cm³/mol. The van der Waals surface area contributed by atoms with Crippen molar-refractivity contribution in [3.63, 3.8) is 0 Å². The van der Waals surface area contributed by atoms with Gasteiger partial charge in [-0.2, -0.15) is 0 Å². The van der Waals surface area contributed by atoms with Crippen molar-refractivity contribution in [2.45, 2.75) is 37.3 Å². The predicted octanol–water partition coefficient (Wildman–Crippen LogP) is 3.46. The second-order valence-corrected chi connectivity index (χ2v) is 8.89. The number of rotatable bonds is 2. The van der Waals surface area contributed by atoms with Crippen LogP contribution in [0.2, 0.25) is 0 Å². The lowest BCUT2D eigenvalue weighted by Crippen LogP contribution is -2.60. The fourth-order valence-electron chi connectivity index (χ4n) is 6.14. The van der Waals surface area contributed by atoms with E-state index < -0.39 is 0 Å². The average Bonchev–Trinajstić information content (AvgIpc) is 3.40. The molecule has 150 valence electrons. The number of hydrogen-bond donors (Lipinski definition) is 0. The van der Waals surface area contributed by atoms with Gasteiger partial charge in [-0.25, -0.2) is 4.39 Å². The molecule has 5 heteroatoms. The molecule has 29 heavy (non-hydrogen) atoms. The van der Waals surface area contributed by atoms with Crippen LogP contribution in [0.15, 0.2) is 42.5 Å². The van der Waals surface area contributed by atoms with Gasteiger partial charge in [0.2, 0.25) is 0 Å². The Balaban J connectivity index is 1.36. The molecule has 4 fully saturated rings. The van der Waals surface area contributed by atoms with E-state index in [4.69, 9.17) is 4.74 Å². The van der Waals surface area contributed by atoms with Crippen LogP contribution in [-0.4, -0.2) is 54.0 Å². The molecule has 5 aliphatic rings. The summed E-state index contributed by atoms with van der Waals surface area (Å²) in [5.41, 5.74) is 3.05. The highest BCUT2D eigenvalue weighted by atomic mass is 19.1. The van der Waals surface area contributed by atoms with Gasteiger partial charge < -0.3 is 9.64 Å². The zero-order valence-corrected chi connectivity index (χ0v) is 16.4. The van der Waals surface area contributed by atoms with E-state index in [1.54, 1.807) is 12.1 Å². The first-order valence-electron chi connectivity index (χ1n) is 10.8. The van der Waals surface area contributed by atoms with Gasteiger partial charge in [0.25, 0.3) is 5.91 Å². The van der Waals surface area contributed by atoms with E-state index >= 15 is 0 Å². The molecule has 4 saturated heterocycles. The van der Waals surface area contributed by atoms with Crippen molar-refractivity contribution in [3.05, 3.63) is 65.0 Å². The largest absolute Gasteiger partial charge is 0.493 e. The third kappa shape index (κ3) is 2.71. The molecule has 2 aromatic rings. The highest BCUT2D eigenvalue weighted by Gasteiger charge is 2.54. The van der Waals surface area contributed by atoms with Gasteiger partial charge in [-0.1, -0.05) is 12.1 Å². The molecule has 7 rings (SSSR count). The molecule has 4 nitrogen and oxygen atoms in total. The minimum atomic E-state index is -0.206. The normalized spacial score (nSPS) is 32.0. The van der Waals surface area contributed by atoms with E-state index in [1.807, 2.05) is 30.3 Å². The van der Waals surface area contributed by atoms with Gasteiger partial charge in [0.15, 0.2) is 0 Å². The zero-order valence-electron chi connectivity index (χ0n) is 16.4. The number of carbonyl (C=O) groups excluding carboxylic acids is 1. The first-order valence-corrected chi connectivity index (χ1v) is 10.8. The van der Waals surface area contributed by atoms with Gasteiger partial charge in [0, 0.05) is 30.5 Å². The van der Waals surface area contributed by atoms with E-state index in [-0.39, 0.29) is 23.7 Å². The molecule has 5 heterocycles. The molecule has 0 N–H and O–H groups in total. The van der Waals surface area contributed by atoms with E-state index in [9.17, 15) is 9.18 Å². The average molecular weight is 392 g/mol. The van der Waals surface area contributed by atoms with Gasteiger partial charge >= 0.3 is 0 Å². The summed E-state index contributed by atoms with van der Waals surface area (Å²) in [7, 11) is 0. The van der Waals surface area contributed by atoms with Crippen LogP contribution in [0.5, 0.6) is 5.75 Å². The van der Waals surface area contributed by atoms with Gasteiger partial charge in [0.1, 0.15) is 11.6 Å². The Kier molecular flexibility index (Phi) is 3.95. The highest BCUT2D eigenvalue weighted by molar-refractivity contribution is 5.95. The molecule has 0 unspecified atom stereocenters. The standard InChI is InChI=1S/C24H25FN2O2/c25-19-4-1-15(2-5-19)20-14-27(22-16-7-10-26(11-8-16)23(20)22)24(28)18-3-6-21-17(13-18)9-12-29-21/h1-6,13,16,20,22-23H,7-12,14H2/t20-,22+,23+/m1/s1. The second kappa shape index (κ2) is 6.56. The van der Waals surface area contributed by atoms with Gasteiger partial charge in [-0.3, -0.25) is 9.69 Å². The Morgan fingerprint density at radius 1 is 1.03 bits per heavy atom. The Labute approximate surface area is 170 Å². The van der Waals surface area contributed by atoms with E-state index in [0.29, 0.717) is 25.1 Å². The molecule has 2 bridgehead atoms. The molecule has 0 radical (unpaired) electrons. The lowest BCUT2D eigenvalue weighted by atomic mass is 9.75. The van der Waals surface area contributed by atoms with E-state index in [0.717, 1.165) is 42.0 Å². The number of fused-ring (bicyclic) bond motifs is 3. The molecular weight excluding hydrogens is 367 g/mol. The molecule has 1 amide bonds. The van der Waals surface area contributed by atoms with Gasteiger partial charge in [-0.05, 0) is 73.3 Å². The minimum Gasteiger partial charge on any atom is -0.493 e. The van der Waals surface area contributed by atoms with Crippen molar-refractivity contribution < 1.29 is 13.9 Å². The van der Waals surface area contributed by atoms with Gasteiger partial charge in [-0.15, -0.1) is 0 Å². The molecule has 0 spiro atoms. The Hall–Kier alpha value is -2.40. The van der Waals surface area contributed by atoms with Crippen LogP contribution in [0.1, 0.15) is 40.2 Å². The van der Waals surface area contributed by atoms with Crippen LogP contribution in [0.25, 0.3) is 0 Å². The summed E-state index contributed by atoms with van der Waals surface area (Å²) in [6.45, 7) is 3.63. The van der Waals surface area contributed by atoms with Gasteiger partial charge in [0.05, 0.1) is 12.6 Å². The smallest absolute Gasteiger partial charge is 0.254 e. The van der Waals surface area contributed by atoms with Crippen molar-refractivity contribution in [1.29, 1.82) is 0 Å². The van der Waals surface area contributed by atoms with Crippen LogP contribution in [0.3, 0.4) is 0 Å². The summed E-state index contributed by atoms with van der Waals surface area (Å²) in [6, 6.07) is 13.4. The van der Waals surface area contributed by atoms with Crippen molar-refractivity contribution in [3.8, 4) is 5.75 Å².